The first-order valence-electron chi connectivity index (χ1n) is 11.5. The van der Waals surface area contributed by atoms with Crippen LogP contribution in [0.25, 0.3) is 5.57 Å². The van der Waals surface area contributed by atoms with Gasteiger partial charge in [0.15, 0.2) is 0 Å². The first kappa shape index (κ1) is 23.4. The van der Waals surface area contributed by atoms with Gasteiger partial charge in [0.05, 0.1) is 36.5 Å². The molecule has 0 saturated carbocycles. The Morgan fingerprint density at radius 2 is 1.59 bits per heavy atom. The third-order valence-electron chi connectivity index (χ3n) is 6.11. The molecule has 0 radical (unpaired) electrons. The smallest absolute Gasteiger partial charge is 0.336 e. The Kier molecular flexibility index (Phi) is 6.87. The predicted octanol–water partition coefficient (Wildman–Crippen LogP) is 5.90. The van der Waals surface area contributed by atoms with E-state index in [2.05, 4.69) is 30.4 Å². The molecule has 34 heavy (non-hydrogen) atoms. The molecule has 0 saturated heterocycles. The molecule has 0 atom stereocenters. The summed E-state index contributed by atoms with van der Waals surface area (Å²) in [5.41, 5.74) is 5.31. The average Bonchev–Trinajstić information content (AvgIpc) is 3.54. The molecule has 6 heteroatoms. The molecule has 1 aromatic heterocycles. The van der Waals surface area contributed by atoms with Gasteiger partial charge in [-0.3, -0.25) is 0 Å². The second-order valence-electron chi connectivity index (χ2n) is 8.09. The predicted molar refractivity (Wildman–Crippen MR) is 131 cm³/mol. The maximum atomic E-state index is 13.2. The van der Waals surface area contributed by atoms with Crippen LogP contribution in [0.5, 0.6) is 0 Å². The van der Waals surface area contributed by atoms with E-state index < -0.39 is 17.9 Å². The van der Waals surface area contributed by atoms with Crippen LogP contribution in [0.15, 0.2) is 87.8 Å². The highest BCUT2D eigenvalue weighted by atomic mass is 16.5. The fraction of sp³-hybridized carbons (Fsp3) is 0.286. The van der Waals surface area contributed by atoms with Gasteiger partial charge in [-0.2, -0.15) is 0 Å². The molecule has 6 nitrogen and oxygen atoms in total. The number of allylic oxidation sites excluding steroid dienone is 6. The van der Waals surface area contributed by atoms with Crippen molar-refractivity contribution in [2.45, 2.75) is 40.0 Å². The highest BCUT2D eigenvalue weighted by Gasteiger charge is 2.42. The molecular formula is C28H29NO5. The van der Waals surface area contributed by atoms with E-state index in [-0.39, 0.29) is 13.2 Å². The van der Waals surface area contributed by atoms with Crippen LogP contribution in [0.2, 0.25) is 0 Å². The van der Waals surface area contributed by atoms with Crippen molar-refractivity contribution in [2.75, 3.05) is 18.1 Å². The van der Waals surface area contributed by atoms with Gasteiger partial charge in [0.2, 0.25) is 0 Å². The van der Waals surface area contributed by atoms with E-state index in [0.717, 1.165) is 17.7 Å². The first-order valence-corrected chi connectivity index (χ1v) is 11.5. The number of hydrogen-bond donors (Lipinski definition) is 0. The largest absolute Gasteiger partial charge is 0.468 e. The number of benzene rings is 1. The summed E-state index contributed by atoms with van der Waals surface area (Å²) in [4.78, 5) is 28.3. The third kappa shape index (κ3) is 4.23. The number of hydrogen-bond acceptors (Lipinski definition) is 6. The molecular weight excluding hydrogens is 430 g/mol. The molecule has 176 valence electrons. The van der Waals surface area contributed by atoms with Crippen molar-refractivity contribution in [3.05, 3.63) is 94.8 Å². The second kappa shape index (κ2) is 10.00. The number of nitrogens with zero attached hydrogens (tertiary/aromatic N) is 1. The van der Waals surface area contributed by atoms with Gasteiger partial charge in [0.1, 0.15) is 5.76 Å². The van der Waals surface area contributed by atoms with Crippen molar-refractivity contribution in [2.24, 2.45) is 0 Å². The van der Waals surface area contributed by atoms with Crippen molar-refractivity contribution < 1.29 is 23.5 Å². The molecule has 0 N–H and O–H groups in total. The monoisotopic (exact) mass is 459 g/mol. The lowest BCUT2D eigenvalue weighted by molar-refractivity contribution is -0.139. The normalized spacial score (nSPS) is 16.2. The van der Waals surface area contributed by atoms with Gasteiger partial charge in [-0.1, -0.05) is 30.4 Å². The van der Waals surface area contributed by atoms with Gasteiger partial charge < -0.3 is 18.8 Å². The van der Waals surface area contributed by atoms with Gasteiger partial charge >= 0.3 is 11.9 Å². The van der Waals surface area contributed by atoms with E-state index >= 15 is 0 Å². The topological polar surface area (TPSA) is 69.0 Å². The molecule has 2 aromatic rings. The van der Waals surface area contributed by atoms with Gasteiger partial charge in [-0.25, -0.2) is 9.59 Å². The maximum Gasteiger partial charge on any atom is 0.336 e. The van der Waals surface area contributed by atoms with Crippen molar-refractivity contribution in [1.82, 2.24) is 0 Å². The summed E-state index contributed by atoms with van der Waals surface area (Å²) in [5, 5.41) is 0. The molecule has 2 aliphatic rings. The molecule has 0 amide bonds. The Morgan fingerprint density at radius 3 is 2.06 bits per heavy atom. The quantitative estimate of drug-likeness (QED) is 0.480. The van der Waals surface area contributed by atoms with E-state index in [4.69, 9.17) is 13.9 Å². The summed E-state index contributed by atoms with van der Waals surface area (Å²) in [7, 11) is 0. The van der Waals surface area contributed by atoms with E-state index in [1.54, 1.807) is 26.0 Å². The fourth-order valence-electron chi connectivity index (χ4n) is 4.62. The molecule has 0 spiro atoms. The number of carbonyl (C=O) groups excluding carboxylic acids is 2. The lowest BCUT2D eigenvalue weighted by Gasteiger charge is -2.37. The summed E-state index contributed by atoms with van der Waals surface area (Å²) < 4.78 is 16.5. The first-order chi connectivity index (χ1) is 16.5. The Bertz CT molecular complexity index is 1150. The number of rotatable bonds is 7. The highest BCUT2D eigenvalue weighted by Crippen LogP contribution is 2.45. The molecule has 2 heterocycles. The van der Waals surface area contributed by atoms with Crippen LogP contribution in [0, 0.1) is 0 Å². The Labute approximate surface area is 199 Å². The number of carbonyl (C=O) groups is 2. The minimum Gasteiger partial charge on any atom is -0.468 e. The number of ether oxygens (including phenoxy) is 2. The average molecular weight is 460 g/mol. The van der Waals surface area contributed by atoms with Crippen molar-refractivity contribution >= 4 is 23.2 Å². The summed E-state index contributed by atoms with van der Waals surface area (Å²) in [5.74, 6) is -1.21. The maximum absolute atomic E-state index is 13.2. The highest BCUT2D eigenvalue weighted by molar-refractivity contribution is 6.01. The third-order valence-corrected chi connectivity index (χ3v) is 6.11. The van der Waals surface area contributed by atoms with Crippen LogP contribution in [0.1, 0.15) is 51.4 Å². The standard InChI is InChI=1S/C28H29NO5/c1-5-32-27(30)24-18(3)29(22-15-13-21(14-16-22)20-10-7-8-11-20)19(4)25(28(31)33-6-2)26(24)23-12-9-17-34-23/h7-10,12-17,26H,5-6,11H2,1-4H3. The minimum atomic E-state index is -0.724. The number of esters is 2. The minimum absolute atomic E-state index is 0.218. The summed E-state index contributed by atoms with van der Waals surface area (Å²) in [6, 6.07) is 11.6. The number of anilines is 1. The Morgan fingerprint density at radius 1 is 0.971 bits per heavy atom. The summed E-state index contributed by atoms with van der Waals surface area (Å²) >= 11 is 0. The van der Waals surface area contributed by atoms with Crippen LogP contribution >= 0.6 is 0 Å². The molecule has 1 aliphatic heterocycles. The van der Waals surface area contributed by atoms with Gasteiger partial charge in [0.25, 0.3) is 0 Å². The van der Waals surface area contributed by atoms with E-state index in [0.29, 0.717) is 28.3 Å². The zero-order valence-electron chi connectivity index (χ0n) is 20.0. The summed E-state index contributed by atoms with van der Waals surface area (Å²) in [6.45, 7) is 7.69. The van der Waals surface area contributed by atoms with Crippen molar-refractivity contribution in [3.63, 3.8) is 0 Å². The molecule has 1 aliphatic carbocycles. The van der Waals surface area contributed by atoms with Crippen LogP contribution in [-0.2, 0) is 19.1 Å². The van der Waals surface area contributed by atoms with Crippen LogP contribution < -0.4 is 4.90 Å². The summed E-state index contributed by atoms with van der Waals surface area (Å²) in [6.07, 6.45) is 8.73. The van der Waals surface area contributed by atoms with Crippen LogP contribution in [0.3, 0.4) is 0 Å². The van der Waals surface area contributed by atoms with Gasteiger partial charge in [0, 0.05) is 17.1 Å². The molecule has 1 aromatic carbocycles. The van der Waals surface area contributed by atoms with Crippen LogP contribution in [0.4, 0.5) is 5.69 Å². The van der Waals surface area contributed by atoms with Crippen molar-refractivity contribution in [3.8, 4) is 0 Å². The lowest BCUT2D eigenvalue weighted by Crippen LogP contribution is -2.35. The number of furan rings is 1. The molecule has 0 unspecified atom stereocenters. The Balaban J connectivity index is 1.87. The molecule has 0 fully saturated rings. The lowest BCUT2D eigenvalue weighted by atomic mass is 9.82. The van der Waals surface area contributed by atoms with Crippen LogP contribution in [-0.4, -0.2) is 25.2 Å². The second-order valence-corrected chi connectivity index (χ2v) is 8.09. The molecule has 0 bridgehead atoms. The fourth-order valence-corrected chi connectivity index (χ4v) is 4.62. The zero-order chi connectivity index (χ0) is 24.2. The van der Waals surface area contributed by atoms with E-state index in [9.17, 15) is 9.59 Å². The van der Waals surface area contributed by atoms with Crippen molar-refractivity contribution in [1.29, 1.82) is 0 Å². The zero-order valence-corrected chi connectivity index (χ0v) is 20.0. The SMILES string of the molecule is CCOC(=O)C1=C(C)N(c2ccc(C3=CC=CC3)cc2)C(C)=C(C(=O)OCC)C1c1ccco1. The Hall–Kier alpha value is -3.80. The van der Waals surface area contributed by atoms with E-state index in [1.807, 2.05) is 30.9 Å². The van der Waals surface area contributed by atoms with Gasteiger partial charge in [-0.05, 0) is 69.5 Å². The molecule has 4 rings (SSSR count). The van der Waals surface area contributed by atoms with Gasteiger partial charge in [-0.15, -0.1) is 0 Å². The van der Waals surface area contributed by atoms with E-state index in [1.165, 1.54) is 11.8 Å².